The zero-order valence-electron chi connectivity index (χ0n) is 11.8. The summed E-state index contributed by atoms with van der Waals surface area (Å²) in [5, 5.41) is 6.31. The Morgan fingerprint density at radius 1 is 1.22 bits per heavy atom. The third-order valence-electron chi connectivity index (χ3n) is 3.11. The van der Waals surface area contributed by atoms with Crippen molar-refractivity contribution in [1.82, 2.24) is 5.32 Å². The largest absolute Gasteiger partial charge is 0.385 e. The van der Waals surface area contributed by atoms with E-state index >= 15 is 0 Å². The van der Waals surface area contributed by atoms with Gasteiger partial charge >= 0.3 is 0 Å². The van der Waals surface area contributed by atoms with Gasteiger partial charge in [0.05, 0.1) is 5.56 Å². The molecule has 18 heavy (non-hydrogen) atoms. The van der Waals surface area contributed by atoms with Crippen molar-refractivity contribution < 1.29 is 4.79 Å². The van der Waals surface area contributed by atoms with Crippen molar-refractivity contribution in [3.8, 4) is 0 Å². The summed E-state index contributed by atoms with van der Waals surface area (Å²) >= 11 is 0. The Morgan fingerprint density at radius 2 is 1.89 bits per heavy atom. The van der Waals surface area contributed by atoms with E-state index in [0.29, 0.717) is 0 Å². The summed E-state index contributed by atoms with van der Waals surface area (Å²) in [6.45, 7) is 9.03. The Labute approximate surface area is 110 Å². The standard InChI is InChI=1S/C15H24N2O/c1-5-12(6-2)17-15(18)13-10-11(4)8-9-14(13)16-7-3/h8-10,12,16H,5-7H2,1-4H3,(H,17,18). The van der Waals surface area contributed by atoms with E-state index in [0.717, 1.165) is 36.2 Å². The predicted molar refractivity (Wildman–Crippen MR) is 77.2 cm³/mol. The molecule has 1 rings (SSSR count). The molecule has 0 bridgehead atoms. The number of amides is 1. The van der Waals surface area contributed by atoms with Gasteiger partial charge in [-0.05, 0) is 38.8 Å². The Morgan fingerprint density at radius 3 is 2.44 bits per heavy atom. The lowest BCUT2D eigenvalue weighted by molar-refractivity contribution is 0.0935. The lowest BCUT2D eigenvalue weighted by atomic mass is 10.1. The third kappa shape index (κ3) is 3.76. The Balaban J connectivity index is 2.92. The molecule has 0 aromatic heterocycles. The Hall–Kier alpha value is -1.51. The molecule has 1 aromatic rings. The average molecular weight is 248 g/mol. The minimum atomic E-state index is 0.0170. The molecule has 0 aliphatic rings. The van der Waals surface area contributed by atoms with Crippen LogP contribution in [0.25, 0.3) is 0 Å². The molecule has 0 aliphatic carbocycles. The molecular formula is C15H24N2O. The predicted octanol–water partition coefficient (Wildman–Crippen LogP) is 3.35. The number of nitrogens with one attached hydrogen (secondary N) is 2. The molecule has 0 atom stereocenters. The van der Waals surface area contributed by atoms with Gasteiger partial charge in [0.1, 0.15) is 0 Å². The molecule has 0 aliphatic heterocycles. The number of rotatable bonds is 6. The van der Waals surface area contributed by atoms with Crippen LogP contribution in [0.1, 0.15) is 49.5 Å². The smallest absolute Gasteiger partial charge is 0.253 e. The molecule has 100 valence electrons. The van der Waals surface area contributed by atoms with Crippen LogP contribution in [0.2, 0.25) is 0 Å². The highest BCUT2D eigenvalue weighted by atomic mass is 16.1. The average Bonchev–Trinajstić information content (AvgIpc) is 2.38. The normalized spacial score (nSPS) is 10.5. The molecule has 0 saturated heterocycles. The molecule has 0 heterocycles. The molecular weight excluding hydrogens is 224 g/mol. The maximum absolute atomic E-state index is 12.3. The van der Waals surface area contributed by atoms with Crippen LogP contribution in [0.3, 0.4) is 0 Å². The van der Waals surface area contributed by atoms with Crippen molar-refractivity contribution in [3.05, 3.63) is 29.3 Å². The molecule has 2 N–H and O–H groups in total. The zero-order chi connectivity index (χ0) is 13.5. The van der Waals surface area contributed by atoms with Crippen molar-refractivity contribution in [1.29, 1.82) is 0 Å². The third-order valence-corrected chi connectivity index (χ3v) is 3.11. The van der Waals surface area contributed by atoms with E-state index < -0.39 is 0 Å². The fraction of sp³-hybridized carbons (Fsp3) is 0.533. The summed E-state index contributed by atoms with van der Waals surface area (Å²) in [5.41, 5.74) is 2.75. The van der Waals surface area contributed by atoms with Gasteiger partial charge in [-0.15, -0.1) is 0 Å². The monoisotopic (exact) mass is 248 g/mol. The zero-order valence-corrected chi connectivity index (χ0v) is 11.8. The first kappa shape index (κ1) is 14.6. The van der Waals surface area contributed by atoms with Gasteiger partial charge in [0.15, 0.2) is 0 Å². The number of hydrogen-bond donors (Lipinski definition) is 2. The van der Waals surface area contributed by atoms with Gasteiger partial charge in [0, 0.05) is 18.3 Å². The number of anilines is 1. The molecule has 0 radical (unpaired) electrons. The van der Waals surface area contributed by atoms with E-state index in [2.05, 4.69) is 24.5 Å². The van der Waals surface area contributed by atoms with Crippen molar-refractivity contribution in [2.45, 2.75) is 46.6 Å². The van der Waals surface area contributed by atoms with E-state index in [1.54, 1.807) is 0 Å². The van der Waals surface area contributed by atoms with Crippen molar-refractivity contribution in [3.63, 3.8) is 0 Å². The maximum atomic E-state index is 12.3. The minimum Gasteiger partial charge on any atom is -0.385 e. The second kappa shape index (κ2) is 7.04. The lowest BCUT2D eigenvalue weighted by Crippen LogP contribution is -2.34. The van der Waals surface area contributed by atoms with E-state index in [9.17, 15) is 4.79 Å². The summed E-state index contributed by atoms with van der Waals surface area (Å²) in [7, 11) is 0. The molecule has 0 unspecified atom stereocenters. The van der Waals surface area contributed by atoms with Crippen LogP contribution < -0.4 is 10.6 Å². The molecule has 0 fully saturated rings. The molecule has 3 nitrogen and oxygen atoms in total. The second-order valence-electron chi connectivity index (χ2n) is 4.57. The Kier molecular flexibility index (Phi) is 5.69. The van der Waals surface area contributed by atoms with Gasteiger partial charge in [0.25, 0.3) is 5.91 Å². The van der Waals surface area contributed by atoms with Crippen LogP contribution in [0.4, 0.5) is 5.69 Å². The van der Waals surface area contributed by atoms with E-state index in [1.165, 1.54) is 0 Å². The van der Waals surface area contributed by atoms with E-state index in [4.69, 9.17) is 0 Å². The van der Waals surface area contributed by atoms with Crippen LogP contribution in [0.15, 0.2) is 18.2 Å². The van der Waals surface area contributed by atoms with Gasteiger partial charge in [-0.25, -0.2) is 0 Å². The second-order valence-corrected chi connectivity index (χ2v) is 4.57. The molecule has 1 aromatic carbocycles. The number of benzene rings is 1. The number of carbonyl (C=O) groups excluding carboxylic acids is 1. The molecule has 3 heteroatoms. The number of carbonyl (C=O) groups is 1. The van der Waals surface area contributed by atoms with Crippen LogP contribution in [0.5, 0.6) is 0 Å². The van der Waals surface area contributed by atoms with Crippen molar-refractivity contribution in [2.75, 3.05) is 11.9 Å². The van der Waals surface area contributed by atoms with Gasteiger partial charge in [-0.2, -0.15) is 0 Å². The Bertz CT molecular complexity index is 397. The van der Waals surface area contributed by atoms with Crippen molar-refractivity contribution in [2.24, 2.45) is 0 Å². The van der Waals surface area contributed by atoms with Crippen molar-refractivity contribution >= 4 is 11.6 Å². The fourth-order valence-electron chi connectivity index (χ4n) is 1.95. The lowest BCUT2D eigenvalue weighted by Gasteiger charge is -2.17. The SMILES string of the molecule is CCNc1ccc(C)cc1C(=O)NC(CC)CC. The first-order valence-electron chi connectivity index (χ1n) is 6.77. The van der Waals surface area contributed by atoms with Crippen LogP contribution in [-0.4, -0.2) is 18.5 Å². The summed E-state index contributed by atoms with van der Waals surface area (Å²) in [6.07, 6.45) is 1.93. The summed E-state index contributed by atoms with van der Waals surface area (Å²) in [4.78, 5) is 12.3. The topological polar surface area (TPSA) is 41.1 Å². The van der Waals surface area contributed by atoms with Gasteiger partial charge < -0.3 is 10.6 Å². The summed E-state index contributed by atoms with van der Waals surface area (Å²) in [5.74, 6) is 0.0170. The highest BCUT2D eigenvalue weighted by Crippen LogP contribution is 2.17. The number of aryl methyl sites for hydroxylation is 1. The van der Waals surface area contributed by atoms with E-state index in [-0.39, 0.29) is 11.9 Å². The van der Waals surface area contributed by atoms with Crippen LogP contribution >= 0.6 is 0 Å². The molecule has 1 amide bonds. The van der Waals surface area contributed by atoms with Crippen LogP contribution in [0, 0.1) is 6.92 Å². The fourth-order valence-corrected chi connectivity index (χ4v) is 1.95. The quantitative estimate of drug-likeness (QED) is 0.810. The highest BCUT2D eigenvalue weighted by Gasteiger charge is 2.14. The van der Waals surface area contributed by atoms with Gasteiger partial charge in [-0.3, -0.25) is 4.79 Å². The van der Waals surface area contributed by atoms with Crippen LogP contribution in [-0.2, 0) is 0 Å². The molecule has 0 spiro atoms. The summed E-state index contributed by atoms with van der Waals surface area (Å²) < 4.78 is 0. The first-order valence-corrected chi connectivity index (χ1v) is 6.77. The van der Waals surface area contributed by atoms with E-state index in [1.807, 2.05) is 32.0 Å². The minimum absolute atomic E-state index is 0.0170. The highest BCUT2D eigenvalue weighted by molar-refractivity contribution is 6.00. The number of hydrogen-bond acceptors (Lipinski definition) is 2. The van der Waals surface area contributed by atoms with Gasteiger partial charge in [0.2, 0.25) is 0 Å². The van der Waals surface area contributed by atoms with Gasteiger partial charge in [-0.1, -0.05) is 25.5 Å². The first-order chi connectivity index (χ1) is 8.62. The molecule has 0 saturated carbocycles. The maximum Gasteiger partial charge on any atom is 0.253 e. The summed E-state index contributed by atoms with van der Waals surface area (Å²) in [6, 6.07) is 6.19.